The molecule has 2 aromatic carbocycles. The number of benzene rings is 2. The van der Waals surface area contributed by atoms with Crippen LogP contribution in [0.5, 0.6) is 0 Å². The monoisotopic (exact) mass is 413 g/mol. The Bertz CT molecular complexity index is 1080. The highest BCUT2D eigenvalue weighted by Gasteiger charge is 2.14. The van der Waals surface area contributed by atoms with Crippen molar-refractivity contribution in [1.29, 1.82) is 0 Å². The highest BCUT2D eigenvalue weighted by Crippen LogP contribution is 2.16. The van der Waals surface area contributed by atoms with Crippen LogP contribution in [0.2, 0.25) is 0 Å². The van der Waals surface area contributed by atoms with Crippen molar-refractivity contribution in [3.63, 3.8) is 0 Å². The smallest absolute Gasteiger partial charge is 0.269 e. The van der Waals surface area contributed by atoms with Gasteiger partial charge in [-0.15, -0.1) is 0 Å². The molecule has 3 aromatic rings. The van der Waals surface area contributed by atoms with E-state index in [0.29, 0.717) is 40.7 Å². The molecule has 3 rings (SSSR count). The van der Waals surface area contributed by atoms with Gasteiger partial charge in [0.25, 0.3) is 11.2 Å². The Labute approximate surface area is 171 Å². The topological polar surface area (TPSA) is 113 Å². The molecule has 0 bridgehead atoms. The average molecular weight is 413 g/mol. The van der Waals surface area contributed by atoms with Gasteiger partial charge in [-0.1, -0.05) is 12.1 Å². The van der Waals surface area contributed by atoms with Crippen LogP contribution >= 0.6 is 12.2 Å². The number of aromatic amines is 1. The predicted octanol–water partition coefficient (Wildman–Crippen LogP) is 2.68. The van der Waals surface area contributed by atoms with Crippen LogP contribution in [-0.2, 0) is 11.3 Å². The van der Waals surface area contributed by atoms with Crippen LogP contribution in [-0.4, -0.2) is 45.2 Å². The van der Waals surface area contributed by atoms with Crippen molar-refractivity contribution in [1.82, 2.24) is 14.9 Å². The van der Waals surface area contributed by atoms with Crippen molar-refractivity contribution in [3.05, 3.63) is 74.8 Å². The van der Waals surface area contributed by atoms with E-state index >= 15 is 0 Å². The van der Waals surface area contributed by atoms with Crippen molar-refractivity contribution < 1.29 is 9.66 Å². The zero-order valence-corrected chi connectivity index (χ0v) is 16.4. The van der Waals surface area contributed by atoms with E-state index in [9.17, 15) is 14.9 Å². The fraction of sp³-hybridized carbons (Fsp3) is 0.211. The first kappa shape index (κ1) is 20.4. The SMILES string of the molecule is COCCN(Cc1nc2ccccc2c(=O)[nH]1)C(=S)Nc1ccc([N+](=O)[O-])cc1. The van der Waals surface area contributed by atoms with Gasteiger partial charge in [0.05, 0.1) is 29.0 Å². The van der Waals surface area contributed by atoms with Crippen molar-refractivity contribution in [2.24, 2.45) is 0 Å². The van der Waals surface area contributed by atoms with Crippen LogP contribution < -0.4 is 10.9 Å². The fourth-order valence-corrected chi connectivity index (χ4v) is 2.99. The van der Waals surface area contributed by atoms with E-state index in [0.717, 1.165) is 0 Å². The second-order valence-electron chi connectivity index (χ2n) is 6.18. The van der Waals surface area contributed by atoms with Crippen molar-refractivity contribution in [2.75, 3.05) is 25.6 Å². The van der Waals surface area contributed by atoms with E-state index < -0.39 is 4.92 Å². The minimum Gasteiger partial charge on any atom is -0.383 e. The Morgan fingerprint density at radius 1 is 1.28 bits per heavy atom. The molecule has 0 amide bonds. The molecular formula is C19H19N5O4S. The second kappa shape index (κ2) is 9.22. The summed E-state index contributed by atoms with van der Waals surface area (Å²) in [5.74, 6) is 0.470. The van der Waals surface area contributed by atoms with E-state index in [2.05, 4.69) is 15.3 Å². The first-order valence-electron chi connectivity index (χ1n) is 8.75. The summed E-state index contributed by atoms with van der Waals surface area (Å²) in [6.07, 6.45) is 0. The number of non-ortho nitro benzene ring substituents is 1. The third-order valence-corrected chi connectivity index (χ3v) is 4.54. The van der Waals surface area contributed by atoms with Crippen LogP contribution in [0, 0.1) is 10.1 Å². The third kappa shape index (κ3) is 5.12. The summed E-state index contributed by atoms with van der Waals surface area (Å²) < 4.78 is 5.15. The van der Waals surface area contributed by atoms with E-state index in [1.165, 1.54) is 12.1 Å². The number of fused-ring (bicyclic) bond motifs is 1. The Morgan fingerprint density at radius 2 is 2.00 bits per heavy atom. The van der Waals surface area contributed by atoms with Crippen LogP contribution in [0.1, 0.15) is 5.82 Å². The zero-order chi connectivity index (χ0) is 20.8. The Balaban J connectivity index is 1.79. The first-order chi connectivity index (χ1) is 14.0. The quantitative estimate of drug-likeness (QED) is 0.345. The lowest BCUT2D eigenvalue weighted by molar-refractivity contribution is -0.384. The number of nitro benzene ring substituents is 1. The molecule has 0 radical (unpaired) electrons. The number of methoxy groups -OCH3 is 1. The lowest BCUT2D eigenvalue weighted by atomic mass is 10.2. The number of thiocarbonyl (C=S) groups is 1. The number of nitrogens with one attached hydrogen (secondary N) is 2. The maximum Gasteiger partial charge on any atom is 0.269 e. The normalized spacial score (nSPS) is 10.7. The fourth-order valence-electron chi connectivity index (χ4n) is 2.71. The van der Waals surface area contributed by atoms with Crippen molar-refractivity contribution in [3.8, 4) is 0 Å². The minimum absolute atomic E-state index is 0.00403. The lowest BCUT2D eigenvalue weighted by Gasteiger charge is -2.25. The third-order valence-electron chi connectivity index (χ3n) is 4.18. The van der Waals surface area contributed by atoms with Gasteiger partial charge in [0.1, 0.15) is 5.82 Å². The highest BCUT2D eigenvalue weighted by atomic mass is 32.1. The predicted molar refractivity (Wildman–Crippen MR) is 114 cm³/mol. The standard InChI is InChI=1S/C19H19N5O4S/c1-28-11-10-23(19(29)20-13-6-8-14(9-7-13)24(26)27)12-17-21-16-5-3-2-4-15(16)18(25)22-17/h2-9H,10-12H2,1H3,(H,20,29)(H,21,22,25). The maximum atomic E-state index is 12.3. The van der Waals surface area contributed by atoms with E-state index in [4.69, 9.17) is 17.0 Å². The number of rotatable bonds is 7. The number of aromatic nitrogens is 2. The molecule has 0 spiro atoms. The molecule has 150 valence electrons. The van der Waals surface area contributed by atoms with Gasteiger partial charge in [-0.2, -0.15) is 0 Å². The van der Waals surface area contributed by atoms with Gasteiger partial charge in [0, 0.05) is 31.5 Å². The summed E-state index contributed by atoms with van der Waals surface area (Å²) in [5.41, 5.74) is 0.998. The number of para-hydroxylation sites is 1. The summed E-state index contributed by atoms with van der Waals surface area (Å²) in [5, 5.41) is 14.7. The Hall–Kier alpha value is -3.37. The van der Waals surface area contributed by atoms with Crippen LogP contribution in [0.4, 0.5) is 11.4 Å². The number of nitro groups is 1. The Kier molecular flexibility index (Phi) is 6.47. The molecule has 0 saturated heterocycles. The molecule has 2 N–H and O–H groups in total. The summed E-state index contributed by atoms with van der Waals surface area (Å²) in [4.78, 5) is 31.7. The first-order valence-corrected chi connectivity index (χ1v) is 9.16. The van der Waals surface area contributed by atoms with Crippen LogP contribution in [0.25, 0.3) is 10.9 Å². The zero-order valence-electron chi connectivity index (χ0n) is 15.6. The molecule has 0 aliphatic carbocycles. The summed E-state index contributed by atoms with van der Waals surface area (Å²) in [6, 6.07) is 13.0. The van der Waals surface area contributed by atoms with Crippen LogP contribution in [0.15, 0.2) is 53.3 Å². The average Bonchev–Trinajstić information content (AvgIpc) is 2.71. The molecule has 0 aliphatic rings. The summed E-state index contributed by atoms with van der Waals surface area (Å²) >= 11 is 5.49. The van der Waals surface area contributed by atoms with Crippen molar-refractivity contribution in [2.45, 2.75) is 6.54 Å². The number of nitrogens with zero attached hydrogens (tertiary/aromatic N) is 3. The van der Waals surface area contributed by atoms with Gasteiger partial charge in [-0.3, -0.25) is 14.9 Å². The summed E-state index contributed by atoms with van der Waals surface area (Å²) in [6.45, 7) is 1.15. The number of hydrogen-bond donors (Lipinski definition) is 2. The molecule has 9 nitrogen and oxygen atoms in total. The highest BCUT2D eigenvalue weighted by molar-refractivity contribution is 7.80. The van der Waals surface area contributed by atoms with Gasteiger partial charge in [-0.05, 0) is 36.5 Å². The van der Waals surface area contributed by atoms with Gasteiger partial charge in [0.2, 0.25) is 0 Å². The number of hydrogen-bond acceptors (Lipinski definition) is 6. The van der Waals surface area contributed by atoms with Gasteiger partial charge in [0.15, 0.2) is 5.11 Å². The molecule has 10 heteroatoms. The molecule has 0 aliphatic heterocycles. The minimum atomic E-state index is -0.464. The molecular weight excluding hydrogens is 394 g/mol. The Morgan fingerprint density at radius 3 is 2.69 bits per heavy atom. The van der Waals surface area contributed by atoms with Gasteiger partial charge in [-0.25, -0.2) is 4.98 Å². The van der Waals surface area contributed by atoms with E-state index in [-0.39, 0.29) is 17.8 Å². The number of anilines is 1. The molecule has 1 heterocycles. The van der Waals surface area contributed by atoms with Crippen LogP contribution in [0.3, 0.4) is 0 Å². The largest absolute Gasteiger partial charge is 0.383 e. The maximum absolute atomic E-state index is 12.3. The number of ether oxygens (including phenoxy) is 1. The second-order valence-corrected chi connectivity index (χ2v) is 6.56. The van der Waals surface area contributed by atoms with Crippen molar-refractivity contribution >= 4 is 39.6 Å². The molecule has 0 unspecified atom stereocenters. The summed E-state index contributed by atoms with van der Waals surface area (Å²) in [7, 11) is 1.58. The lowest BCUT2D eigenvalue weighted by Crippen LogP contribution is -2.37. The van der Waals surface area contributed by atoms with Gasteiger partial charge < -0.3 is 19.9 Å². The molecule has 0 atom stereocenters. The number of H-pyrrole nitrogens is 1. The van der Waals surface area contributed by atoms with E-state index in [1.54, 1.807) is 42.3 Å². The molecule has 0 fully saturated rings. The van der Waals surface area contributed by atoms with E-state index in [1.807, 2.05) is 6.07 Å². The molecule has 0 saturated carbocycles. The molecule has 29 heavy (non-hydrogen) atoms. The van der Waals surface area contributed by atoms with Gasteiger partial charge >= 0.3 is 0 Å². The molecule has 1 aromatic heterocycles.